The van der Waals surface area contributed by atoms with Gasteiger partial charge in [-0.05, 0) is 11.1 Å². The van der Waals surface area contributed by atoms with Crippen molar-refractivity contribution in [3.63, 3.8) is 0 Å². The highest BCUT2D eigenvalue weighted by atomic mass is 14.9. The lowest BCUT2D eigenvalue weighted by Gasteiger charge is -2.08. The predicted octanol–water partition coefficient (Wildman–Crippen LogP) is 2.19. The lowest BCUT2D eigenvalue weighted by molar-refractivity contribution is -0.491. The molecule has 1 heteroatoms. The van der Waals surface area contributed by atoms with Gasteiger partial charge in [0.2, 0.25) is 0 Å². The number of rotatable bonds is 1. The Bertz CT molecular complexity index is 347. The van der Waals surface area contributed by atoms with E-state index in [2.05, 4.69) is 54.2 Å². The average Bonchev–Trinajstić information content (AvgIpc) is 2.20. The first kappa shape index (κ1) is 8.24. The standard InChI is InChI=1S/C12H14N/c1-13-9-7-12(8-10-13)11-5-3-2-4-6-11/h2-7,9H,8,10H2,1H3/q+1. The van der Waals surface area contributed by atoms with Crippen LogP contribution in [0, 0.1) is 0 Å². The number of hydrogen-bond donors (Lipinski definition) is 0. The van der Waals surface area contributed by atoms with E-state index in [1.165, 1.54) is 11.1 Å². The molecule has 0 bridgehead atoms. The first-order valence-corrected chi connectivity index (χ1v) is 4.66. The summed E-state index contributed by atoms with van der Waals surface area (Å²) in [7, 11) is 2.11. The molecule has 66 valence electrons. The van der Waals surface area contributed by atoms with Crippen LogP contribution in [-0.4, -0.2) is 24.4 Å². The minimum absolute atomic E-state index is 1.13. The number of allylic oxidation sites excluding steroid dienone is 1. The van der Waals surface area contributed by atoms with E-state index < -0.39 is 0 Å². The minimum Gasteiger partial charge on any atom is -0.238 e. The van der Waals surface area contributed by atoms with Gasteiger partial charge in [-0.2, -0.15) is 0 Å². The Morgan fingerprint density at radius 2 is 1.92 bits per heavy atom. The molecule has 0 amide bonds. The number of nitrogens with zero attached hydrogens (tertiary/aromatic N) is 1. The topological polar surface area (TPSA) is 3.01 Å². The fourth-order valence-corrected chi connectivity index (χ4v) is 1.56. The maximum atomic E-state index is 2.21. The molecule has 0 N–H and O–H groups in total. The maximum absolute atomic E-state index is 2.21. The third-order valence-electron chi connectivity index (χ3n) is 2.41. The molecule has 0 atom stereocenters. The van der Waals surface area contributed by atoms with Gasteiger partial charge in [0, 0.05) is 12.5 Å². The first-order valence-electron chi connectivity index (χ1n) is 4.66. The molecule has 0 spiro atoms. The van der Waals surface area contributed by atoms with Gasteiger partial charge in [-0.3, -0.25) is 0 Å². The van der Waals surface area contributed by atoms with Crippen molar-refractivity contribution >= 4 is 11.8 Å². The number of hydrogen-bond acceptors (Lipinski definition) is 0. The smallest absolute Gasteiger partial charge is 0.163 e. The van der Waals surface area contributed by atoms with Crippen molar-refractivity contribution in [2.24, 2.45) is 0 Å². The molecule has 0 unspecified atom stereocenters. The van der Waals surface area contributed by atoms with E-state index >= 15 is 0 Å². The van der Waals surface area contributed by atoms with Gasteiger partial charge >= 0.3 is 0 Å². The molecule has 0 fully saturated rings. The van der Waals surface area contributed by atoms with E-state index in [-0.39, 0.29) is 0 Å². The molecule has 0 saturated carbocycles. The van der Waals surface area contributed by atoms with Crippen molar-refractivity contribution in [2.75, 3.05) is 13.6 Å². The molecule has 1 aromatic carbocycles. The average molecular weight is 172 g/mol. The third kappa shape index (κ3) is 1.86. The zero-order valence-electron chi connectivity index (χ0n) is 7.90. The Kier molecular flexibility index (Phi) is 2.26. The molecule has 0 aromatic heterocycles. The highest BCUT2D eigenvalue weighted by molar-refractivity contribution is 5.83. The first-order chi connectivity index (χ1) is 6.36. The monoisotopic (exact) mass is 172 g/mol. The van der Waals surface area contributed by atoms with Crippen molar-refractivity contribution < 1.29 is 4.58 Å². The Morgan fingerprint density at radius 1 is 1.15 bits per heavy atom. The summed E-state index contributed by atoms with van der Waals surface area (Å²) in [6.07, 6.45) is 5.50. The predicted molar refractivity (Wildman–Crippen MR) is 56.2 cm³/mol. The van der Waals surface area contributed by atoms with E-state index in [4.69, 9.17) is 0 Å². The van der Waals surface area contributed by atoms with E-state index in [0.29, 0.717) is 0 Å². The summed E-state index contributed by atoms with van der Waals surface area (Å²) in [6, 6.07) is 10.6. The van der Waals surface area contributed by atoms with Crippen LogP contribution in [0.15, 0.2) is 36.4 Å². The maximum Gasteiger partial charge on any atom is 0.163 e. The molecule has 0 aliphatic carbocycles. The SMILES string of the molecule is C[N+]1=CC=C(c2ccccc2)CC1. The van der Waals surface area contributed by atoms with Crippen LogP contribution in [0.25, 0.3) is 5.57 Å². The van der Waals surface area contributed by atoms with Gasteiger partial charge in [0.15, 0.2) is 6.21 Å². The largest absolute Gasteiger partial charge is 0.238 e. The third-order valence-corrected chi connectivity index (χ3v) is 2.41. The summed E-state index contributed by atoms with van der Waals surface area (Å²) < 4.78 is 2.21. The second-order valence-corrected chi connectivity index (χ2v) is 3.44. The Morgan fingerprint density at radius 3 is 2.54 bits per heavy atom. The van der Waals surface area contributed by atoms with Gasteiger partial charge in [-0.1, -0.05) is 30.3 Å². The van der Waals surface area contributed by atoms with E-state index in [1.54, 1.807) is 0 Å². The van der Waals surface area contributed by atoms with Gasteiger partial charge in [0.25, 0.3) is 0 Å². The fourth-order valence-electron chi connectivity index (χ4n) is 1.56. The van der Waals surface area contributed by atoms with E-state index in [0.717, 1.165) is 13.0 Å². The van der Waals surface area contributed by atoms with Crippen LogP contribution < -0.4 is 0 Å². The lowest BCUT2D eigenvalue weighted by Crippen LogP contribution is -2.12. The molecule has 0 saturated heterocycles. The van der Waals surface area contributed by atoms with Crippen molar-refractivity contribution in [2.45, 2.75) is 6.42 Å². The zero-order chi connectivity index (χ0) is 9.10. The molecular formula is C12H14N+. The zero-order valence-corrected chi connectivity index (χ0v) is 7.90. The Labute approximate surface area is 79.0 Å². The molecular weight excluding hydrogens is 158 g/mol. The highest BCUT2D eigenvalue weighted by Gasteiger charge is 2.08. The second kappa shape index (κ2) is 3.56. The van der Waals surface area contributed by atoms with E-state index in [1.807, 2.05) is 0 Å². The summed E-state index contributed by atoms with van der Waals surface area (Å²) >= 11 is 0. The van der Waals surface area contributed by atoms with Crippen LogP contribution in [0.2, 0.25) is 0 Å². The Balaban J connectivity index is 2.29. The second-order valence-electron chi connectivity index (χ2n) is 3.44. The van der Waals surface area contributed by atoms with Gasteiger partial charge in [-0.15, -0.1) is 0 Å². The molecule has 1 heterocycles. The van der Waals surface area contributed by atoms with Gasteiger partial charge in [-0.25, -0.2) is 4.58 Å². The molecule has 1 aliphatic rings. The lowest BCUT2D eigenvalue weighted by atomic mass is 10.0. The normalized spacial score (nSPS) is 16.4. The quantitative estimate of drug-likeness (QED) is 0.571. The van der Waals surface area contributed by atoms with Crippen LogP contribution in [0.3, 0.4) is 0 Å². The van der Waals surface area contributed by atoms with Crippen molar-refractivity contribution in [1.82, 2.24) is 0 Å². The summed E-state index contributed by atoms with van der Waals surface area (Å²) in [6.45, 7) is 1.13. The van der Waals surface area contributed by atoms with E-state index in [9.17, 15) is 0 Å². The van der Waals surface area contributed by atoms with Crippen LogP contribution in [-0.2, 0) is 0 Å². The van der Waals surface area contributed by atoms with Crippen molar-refractivity contribution in [3.8, 4) is 0 Å². The highest BCUT2D eigenvalue weighted by Crippen LogP contribution is 2.18. The summed E-state index contributed by atoms with van der Waals surface area (Å²) in [4.78, 5) is 0. The van der Waals surface area contributed by atoms with Crippen LogP contribution >= 0.6 is 0 Å². The van der Waals surface area contributed by atoms with Crippen LogP contribution in [0.1, 0.15) is 12.0 Å². The molecule has 1 aliphatic heterocycles. The van der Waals surface area contributed by atoms with Crippen LogP contribution in [0.4, 0.5) is 0 Å². The molecule has 13 heavy (non-hydrogen) atoms. The minimum atomic E-state index is 1.13. The van der Waals surface area contributed by atoms with Gasteiger partial charge in [0.1, 0.15) is 13.6 Å². The molecule has 0 radical (unpaired) electrons. The van der Waals surface area contributed by atoms with Crippen molar-refractivity contribution in [1.29, 1.82) is 0 Å². The molecule has 1 aromatic rings. The summed E-state index contributed by atoms with van der Waals surface area (Å²) in [5.41, 5.74) is 2.80. The fraction of sp³-hybridized carbons (Fsp3) is 0.250. The van der Waals surface area contributed by atoms with Crippen molar-refractivity contribution in [3.05, 3.63) is 42.0 Å². The summed E-state index contributed by atoms with van der Waals surface area (Å²) in [5.74, 6) is 0. The van der Waals surface area contributed by atoms with Gasteiger partial charge < -0.3 is 0 Å². The molecule has 1 nitrogen and oxygen atoms in total. The summed E-state index contributed by atoms with van der Waals surface area (Å²) in [5, 5.41) is 0. The molecule has 2 rings (SSSR count). The van der Waals surface area contributed by atoms with Crippen LogP contribution in [0.5, 0.6) is 0 Å². The Hall–Kier alpha value is -1.37. The number of benzene rings is 1. The van der Waals surface area contributed by atoms with Gasteiger partial charge in [0.05, 0.1) is 0 Å².